The van der Waals surface area contributed by atoms with E-state index in [0.29, 0.717) is 5.03 Å². The van der Waals surface area contributed by atoms with Crippen molar-refractivity contribution in [3.8, 4) is 0 Å². The molecule has 1 unspecified atom stereocenters. The molecule has 3 amide bonds. The highest BCUT2D eigenvalue weighted by Crippen LogP contribution is 2.23. The number of thioether (sulfide) groups is 1. The summed E-state index contributed by atoms with van der Waals surface area (Å²) in [6.45, 7) is 7.58. The Morgan fingerprint density at radius 1 is 1.32 bits per heavy atom. The number of urea groups is 1. The van der Waals surface area contributed by atoms with Crippen molar-refractivity contribution in [1.82, 2.24) is 15.3 Å². The van der Waals surface area contributed by atoms with E-state index in [9.17, 15) is 9.59 Å². The van der Waals surface area contributed by atoms with Crippen LogP contribution in [-0.2, 0) is 4.79 Å². The van der Waals surface area contributed by atoms with Crippen molar-refractivity contribution in [3.05, 3.63) is 17.6 Å². The molecular weight excluding hydrogens is 264 g/mol. The fourth-order valence-corrected chi connectivity index (χ4v) is 2.25. The molecule has 104 valence electrons. The highest BCUT2D eigenvalue weighted by atomic mass is 32.2. The van der Waals surface area contributed by atoms with Gasteiger partial charge in [0.1, 0.15) is 10.9 Å². The molecule has 0 radical (unpaired) electrons. The van der Waals surface area contributed by atoms with Gasteiger partial charge in [0, 0.05) is 11.6 Å². The molecule has 3 N–H and O–H groups in total. The molecule has 0 aliphatic heterocycles. The molecule has 1 rings (SSSR count). The van der Waals surface area contributed by atoms with Crippen molar-refractivity contribution in [1.29, 1.82) is 0 Å². The number of rotatable bonds is 4. The van der Waals surface area contributed by atoms with Gasteiger partial charge in [0.2, 0.25) is 5.91 Å². The van der Waals surface area contributed by atoms with E-state index in [2.05, 4.69) is 15.3 Å². The predicted molar refractivity (Wildman–Crippen MR) is 73.9 cm³/mol. The van der Waals surface area contributed by atoms with Crippen LogP contribution in [0.3, 0.4) is 0 Å². The van der Waals surface area contributed by atoms with E-state index in [1.54, 1.807) is 6.92 Å². The molecule has 0 saturated heterocycles. The number of hydrogen-bond acceptors (Lipinski definition) is 5. The third-order valence-corrected chi connectivity index (χ3v) is 3.30. The lowest BCUT2D eigenvalue weighted by atomic mass is 10.2. The summed E-state index contributed by atoms with van der Waals surface area (Å²) < 4.78 is 0. The molecule has 0 aliphatic carbocycles. The fourth-order valence-electron chi connectivity index (χ4n) is 1.34. The summed E-state index contributed by atoms with van der Waals surface area (Å²) in [6, 6.07) is 0.962. The average Bonchev–Trinajstić information content (AvgIpc) is 2.26. The topological polar surface area (TPSA) is 98.0 Å². The molecule has 0 bridgehead atoms. The molecule has 6 nitrogen and oxygen atoms in total. The second-order valence-corrected chi connectivity index (χ2v) is 5.84. The van der Waals surface area contributed by atoms with Crippen molar-refractivity contribution < 1.29 is 9.59 Å². The number of nitrogens with one attached hydrogen (secondary N) is 1. The minimum Gasteiger partial charge on any atom is -0.351 e. The molecule has 1 aromatic heterocycles. The van der Waals surface area contributed by atoms with Crippen molar-refractivity contribution in [2.75, 3.05) is 0 Å². The number of aromatic nitrogens is 2. The van der Waals surface area contributed by atoms with Crippen LogP contribution in [0.15, 0.2) is 11.1 Å². The molecule has 0 aliphatic rings. The second kappa shape index (κ2) is 6.51. The SMILES string of the molecule is Cc1cc(SC(C)C(=O)NC(N)=O)nc(C(C)C)n1. The number of nitrogens with zero attached hydrogens (tertiary/aromatic N) is 2. The first kappa shape index (κ1) is 15.4. The van der Waals surface area contributed by atoms with E-state index in [1.165, 1.54) is 11.8 Å². The van der Waals surface area contributed by atoms with Crippen LogP contribution in [0, 0.1) is 6.92 Å². The first-order valence-electron chi connectivity index (χ1n) is 5.92. The number of carbonyl (C=O) groups excluding carboxylic acids is 2. The minimum atomic E-state index is -0.848. The number of carbonyl (C=O) groups is 2. The van der Waals surface area contributed by atoms with Crippen molar-refractivity contribution >= 4 is 23.7 Å². The molecule has 1 aromatic rings. The Bertz CT molecular complexity index is 491. The van der Waals surface area contributed by atoms with Crippen molar-refractivity contribution in [3.63, 3.8) is 0 Å². The first-order chi connectivity index (χ1) is 8.79. The maximum atomic E-state index is 11.6. The van der Waals surface area contributed by atoms with E-state index in [4.69, 9.17) is 5.73 Å². The number of hydrogen-bond donors (Lipinski definition) is 2. The lowest BCUT2D eigenvalue weighted by molar-refractivity contribution is -0.119. The van der Waals surface area contributed by atoms with Crippen LogP contribution in [0.4, 0.5) is 4.79 Å². The lowest BCUT2D eigenvalue weighted by Gasteiger charge is -2.11. The maximum Gasteiger partial charge on any atom is 0.318 e. The monoisotopic (exact) mass is 282 g/mol. The summed E-state index contributed by atoms with van der Waals surface area (Å²) in [7, 11) is 0. The number of aryl methyl sites for hydroxylation is 1. The highest BCUT2D eigenvalue weighted by Gasteiger charge is 2.17. The molecule has 0 spiro atoms. The number of primary amides is 1. The summed E-state index contributed by atoms with van der Waals surface area (Å²) in [6.07, 6.45) is 0. The maximum absolute atomic E-state index is 11.6. The van der Waals surface area contributed by atoms with Crippen molar-refractivity contribution in [2.45, 2.75) is 43.9 Å². The van der Waals surface area contributed by atoms with Crippen LogP contribution >= 0.6 is 11.8 Å². The second-order valence-electron chi connectivity index (χ2n) is 4.47. The van der Waals surface area contributed by atoms with E-state index in [1.807, 2.05) is 26.8 Å². The minimum absolute atomic E-state index is 0.217. The van der Waals surface area contributed by atoms with Gasteiger partial charge in [0.25, 0.3) is 0 Å². The van der Waals surface area contributed by atoms with E-state index in [0.717, 1.165) is 11.5 Å². The van der Waals surface area contributed by atoms with Gasteiger partial charge < -0.3 is 5.73 Å². The predicted octanol–water partition coefficient (Wildman–Crippen LogP) is 1.58. The molecule has 7 heteroatoms. The summed E-state index contributed by atoms with van der Waals surface area (Å²) in [5, 5.41) is 2.31. The van der Waals surface area contributed by atoms with Gasteiger partial charge >= 0.3 is 6.03 Å². The summed E-state index contributed by atoms with van der Waals surface area (Å²) >= 11 is 1.27. The third kappa shape index (κ3) is 4.86. The van der Waals surface area contributed by atoms with Crippen LogP contribution in [-0.4, -0.2) is 27.2 Å². The van der Waals surface area contributed by atoms with Gasteiger partial charge in [-0.1, -0.05) is 25.6 Å². The van der Waals surface area contributed by atoms with Crippen LogP contribution < -0.4 is 11.1 Å². The molecule has 0 aromatic carbocycles. The smallest absolute Gasteiger partial charge is 0.318 e. The van der Waals surface area contributed by atoms with Gasteiger partial charge in [-0.15, -0.1) is 0 Å². The van der Waals surface area contributed by atoms with Crippen LogP contribution in [0.1, 0.15) is 38.2 Å². The largest absolute Gasteiger partial charge is 0.351 e. The van der Waals surface area contributed by atoms with Gasteiger partial charge in [0.05, 0.1) is 5.25 Å². The number of nitrogens with two attached hydrogens (primary N) is 1. The number of amides is 3. The number of imide groups is 1. The average molecular weight is 282 g/mol. The fraction of sp³-hybridized carbons (Fsp3) is 0.500. The molecule has 1 heterocycles. The zero-order chi connectivity index (χ0) is 14.6. The van der Waals surface area contributed by atoms with E-state index >= 15 is 0 Å². The van der Waals surface area contributed by atoms with Crippen LogP contribution in [0.2, 0.25) is 0 Å². The van der Waals surface area contributed by atoms with Gasteiger partial charge in [0.15, 0.2) is 0 Å². The molecule has 0 saturated carbocycles. The standard InChI is InChI=1S/C12H18N4O2S/c1-6(2)10-14-7(3)5-9(15-10)19-8(4)11(17)16-12(13)18/h5-6,8H,1-4H3,(H3,13,16,17,18). The molecule has 0 fully saturated rings. The summed E-state index contributed by atoms with van der Waals surface area (Å²) in [5.74, 6) is 0.527. The quantitative estimate of drug-likeness (QED) is 0.645. The Morgan fingerprint density at radius 2 is 1.95 bits per heavy atom. The molecule has 1 atom stereocenters. The first-order valence-corrected chi connectivity index (χ1v) is 6.80. The Labute approximate surface area is 116 Å². The Kier molecular flexibility index (Phi) is 5.29. The van der Waals surface area contributed by atoms with Gasteiger partial charge in [-0.05, 0) is 19.9 Å². The van der Waals surface area contributed by atoms with Crippen LogP contribution in [0.25, 0.3) is 0 Å². The Hall–Kier alpha value is -1.63. The van der Waals surface area contributed by atoms with Crippen LogP contribution in [0.5, 0.6) is 0 Å². The zero-order valence-electron chi connectivity index (χ0n) is 11.4. The summed E-state index contributed by atoms with van der Waals surface area (Å²) in [5.41, 5.74) is 5.76. The van der Waals surface area contributed by atoms with Gasteiger partial charge in [-0.25, -0.2) is 14.8 Å². The van der Waals surface area contributed by atoms with E-state index < -0.39 is 17.2 Å². The lowest BCUT2D eigenvalue weighted by Crippen LogP contribution is -2.39. The van der Waals surface area contributed by atoms with Gasteiger partial charge in [-0.3, -0.25) is 10.1 Å². The third-order valence-electron chi connectivity index (χ3n) is 2.28. The van der Waals surface area contributed by atoms with Gasteiger partial charge in [-0.2, -0.15) is 0 Å². The highest BCUT2D eigenvalue weighted by molar-refractivity contribution is 8.00. The Balaban J connectivity index is 2.81. The normalized spacial score (nSPS) is 12.3. The molecule has 19 heavy (non-hydrogen) atoms. The summed E-state index contributed by atoms with van der Waals surface area (Å²) in [4.78, 5) is 30.9. The van der Waals surface area contributed by atoms with E-state index in [-0.39, 0.29) is 5.92 Å². The zero-order valence-corrected chi connectivity index (χ0v) is 12.2. The van der Waals surface area contributed by atoms with Crippen molar-refractivity contribution in [2.24, 2.45) is 5.73 Å². The molecular formula is C12H18N4O2S. The Morgan fingerprint density at radius 3 is 2.47 bits per heavy atom.